The summed E-state index contributed by atoms with van der Waals surface area (Å²) in [5.74, 6) is -0.512. The Morgan fingerprint density at radius 3 is 2.73 bits per heavy atom. The van der Waals surface area contributed by atoms with E-state index in [-0.39, 0.29) is 22.8 Å². The fraction of sp³-hybridized carbons (Fsp3) is 0.385. The molecular formula is C13H14ClN3O5. The summed E-state index contributed by atoms with van der Waals surface area (Å²) in [6.45, 7) is 0.811. The van der Waals surface area contributed by atoms with Crippen LogP contribution in [-0.4, -0.2) is 40.5 Å². The van der Waals surface area contributed by atoms with Gasteiger partial charge in [-0.3, -0.25) is 14.9 Å². The van der Waals surface area contributed by atoms with Crippen LogP contribution in [0.1, 0.15) is 23.2 Å². The molecule has 0 unspecified atom stereocenters. The molecule has 1 aliphatic heterocycles. The van der Waals surface area contributed by atoms with Gasteiger partial charge in [0.1, 0.15) is 10.6 Å². The number of hydrogen-bond donors (Lipinski definition) is 3. The third-order valence-corrected chi connectivity index (χ3v) is 3.89. The van der Waals surface area contributed by atoms with E-state index in [9.17, 15) is 19.7 Å². The van der Waals surface area contributed by atoms with Gasteiger partial charge in [-0.25, -0.2) is 4.79 Å². The van der Waals surface area contributed by atoms with Crippen LogP contribution >= 0.6 is 11.6 Å². The second kappa shape index (κ2) is 6.29. The van der Waals surface area contributed by atoms with Crippen LogP contribution in [0.25, 0.3) is 0 Å². The van der Waals surface area contributed by atoms with Gasteiger partial charge in [0, 0.05) is 18.2 Å². The zero-order valence-electron chi connectivity index (χ0n) is 11.5. The van der Waals surface area contributed by atoms with Crippen LogP contribution in [0.4, 0.5) is 10.5 Å². The van der Waals surface area contributed by atoms with Gasteiger partial charge in [0.25, 0.3) is 5.69 Å². The molecule has 0 saturated carbocycles. The Morgan fingerprint density at radius 1 is 1.45 bits per heavy atom. The number of piperidine rings is 1. The highest BCUT2D eigenvalue weighted by atomic mass is 35.5. The third kappa shape index (κ3) is 3.18. The predicted molar refractivity (Wildman–Crippen MR) is 78.4 cm³/mol. The molecule has 22 heavy (non-hydrogen) atoms. The molecule has 8 nitrogen and oxygen atoms in total. The molecule has 1 aromatic rings. The molecule has 0 bridgehead atoms. The number of halogens is 1. The molecule has 1 aliphatic rings. The minimum atomic E-state index is -1.33. The number of nitrogens with zero attached hydrogens (tertiary/aromatic N) is 1. The van der Waals surface area contributed by atoms with Gasteiger partial charge in [-0.15, -0.1) is 0 Å². The fourth-order valence-electron chi connectivity index (χ4n) is 2.54. The summed E-state index contributed by atoms with van der Waals surface area (Å²) < 4.78 is 0. The molecule has 0 radical (unpaired) electrons. The van der Waals surface area contributed by atoms with Crippen LogP contribution in [0.2, 0.25) is 5.02 Å². The van der Waals surface area contributed by atoms with E-state index in [1.165, 1.54) is 12.1 Å². The van der Waals surface area contributed by atoms with Gasteiger partial charge >= 0.3 is 6.09 Å². The lowest BCUT2D eigenvalue weighted by Gasteiger charge is -2.36. The molecule has 0 spiro atoms. The average molecular weight is 328 g/mol. The highest BCUT2D eigenvalue weighted by Gasteiger charge is 2.42. The largest absolute Gasteiger partial charge is 0.465 e. The number of carbonyl (C=O) groups is 2. The Kier molecular flexibility index (Phi) is 4.62. The highest BCUT2D eigenvalue weighted by molar-refractivity contribution is 6.32. The van der Waals surface area contributed by atoms with Gasteiger partial charge in [0.2, 0.25) is 0 Å². The number of rotatable bonds is 4. The lowest BCUT2D eigenvalue weighted by atomic mass is 9.82. The lowest BCUT2D eigenvalue weighted by Crippen LogP contribution is -2.62. The molecule has 1 aromatic carbocycles. The molecule has 1 fully saturated rings. The summed E-state index contributed by atoms with van der Waals surface area (Å²) in [5.41, 5.74) is -1.67. The van der Waals surface area contributed by atoms with Gasteiger partial charge in [-0.1, -0.05) is 11.6 Å². The zero-order valence-corrected chi connectivity index (χ0v) is 12.2. The number of nitrogens with one attached hydrogen (secondary N) is 2. The number of Topliss-reactive ketones (excluding diaryl/α,β-unsaturated/α-hetero) is 1. The van der Waals surface area contributed by atoms with Crippen molar-refractivity contribution < 1.29 is 19.6 Å². The van der Waals surface area contributed by atoms with Gasteiger partial charge in [-0.2, -0.15) is 0 Å². The fourth-order valence-corrected chi connectivity index (χ4v) is 2.72. The van der Waals surface area contributed by atoms with Gasteiger partial charge in [0.15, 0.2) is 5.78 Å². The maximum atomic E-state index is 12.7. The summed E-state index contributed by atoms with van der Waals surface area (Å²) in [6, 6.07) is 3.69. The van der Waals surface area contributed by atoms with E-state index in [0.29, 0.717) is 19.4 Å². The third-order valence-electron chi connectivity index (χ3n) is 3.57. The standard InChI is InChI=1S/C13H14ClN3O5/c14-9-3-2-8(6-10(9)17(21)22)11(18)13(16-12(19)20)4-1-5-15-7-13/h2-3,6,15-16H,1,4-5,7H2,(H,19,20)/t13-/m1/s1. The Hall–Kier alpha value is -2.19. The molecule has 0 aliphatic carbocycles. The van der Waals surface area contributed by atoms with E-state index < -0.39 is 22.3 Å². The molecular weight excluding hydrogens is 314 g/mol. The molecule has 1 amide bonds. The Morgan fingerprint density at radius 2 is 2.18 bits per heavy atom. The van der Waals surface area contributed by atoms with E-state index in [1.54, 1.807) is 0 Å². The second-order valence-electron chi connectivity index (χ2n) is 5.05. The van der Waals surface area contributed by atoms with Crippen LogP contribution in [-0.2, 0) is 0 Å². The predicted octanol–water partition coefficient (Wildman–Crippen LogP) is 1.82. The number of benzene rings is 1. The monoisotopic (exact) mass is 327 g/mol. The SMILES string of the molecule is O=C(O)N[C@]1(C(=O)c2ccc(Cl)c([N+](=O)[O-])c2)CCCNC1. The maximum Gasteiger partial charge on any atom is 0.405 e. The molecule has 2 rings (SSSR count). The van der Waals surface area contributed by atoms with Crippen LogP contribution in [0.5, 0.6) is 0 Å². The summed E-state index contributed by atoms with van der Waals surface area (Å²) in [7, 11) is 0. The number of amides is 1. The van der Waals surface area contributed by atoms with E-state index in [0.717, 1.165) is 6.07 Å². The van der Waals surface area contributed by atoms with E-state index in [4.69, 9.17) is 16.7 Å². The van der Waals surface area contributed by atoms with Gasteiger partial charge < -0.3 is 15.7 Å². The van der Waals surface area contributed by atoms with Crippen LogP contribution in [0.15, 0.2) is 18.2 Å². The lowest BCUT2D eigenvalue weighted by molar-refractivity contribution is -0.384. The molecule has 118 valence electrons. The Bertz CT molecular complexity index is 628. The number of nitro groups is 1. The molecule has 9 heteroatoms. The van der Waals surface area contributed by atoms with Crippen molar-refractivity contribution in [1.29, 1.82) is 0 Å². The first kappa shape index (κ1) is 16.2. The Labute approximate surface area is 130 Å². The smallest absolute Gasteiger partial charge is 0.405 e. The van der Waals surface area contributed by atoms with Crippen molar-refractivity contribution in [3.63, 3.8) is 0 Å². The minimum absolute atomic E-state index is 0.0496. The van der Waals surface area contributed by atoms with Crippen molar-refractivity contribution in [2.75, 3.05) is 13.1 Å². The number of nitro benzene ring substituents is 1. The van der Waals surface area contributed by atoms with Gasteiger partial charge in [-0.05, 0) is 31.5 Å². The Balaban J connectivity index is 2.40. The first-order valence-corrected chi connectivity index (χ1v) is 6.94. The summed E-state index contributed by atoms with van der Waals surface area (Å²) in [4.78, 5) is 34.0. The summed E-state index contributed by atoms with van der Waals surface area (Å²) in [5, 5.41) is 25.1. The number of carboxylic acid groups (broad SMARTS) is 1. The maximum absolute atomic E-state index is 12.7. The summed E-state index contributed by atoms with van der Waals surface area (Å²) in [6.07, 6.45) is -0.385. The molecule has 3 N–H and O–H groups in total. The first-order chi connectivity index (χ1) is 10.4. The van der Waals surface area contributed by atoms with E-state index >= 15 is 0 Å². The molecule has 1 atom stereocenters. The van der Waals surface area contributed by atoms with Crippen molar-refractivity contribution in [2.24, 2.45) is 0 Å². The normalized spacial score (nSPS) is 21.1. The number of hydrogen-bond acceptors (Lipinski definition) is 5. The van der Waals surface area contributed by atoms with Crippen molar-refractivity contribution in [2.45, 2.75) is 18.4 Å². The van der Waals surface area contributed by atoms with Crippen molar-refractivity contribution in [1.82, 2.24) is 10.6 Å². The van der Waals surface area contributed by atoms with Gasteiger partial charge in [0.05, 0.1) is 4.92 Å². The van der Waals surface area contributed by atoms with Crippen molar-refractivity contribution in [3.8, 4) is 0 Å². The molecule has 1 saturated heterocycles. The van der Waals surface area contributed by atoms with Crippen molar-refractivity contribution in [3.05, 3.63) is 38.9 Å². The summed E-state index contributed by atoms with van der Waals surface area (Å²) >= 11 is 5.73. The number of carbonyl (C=O) groups excluding carboxylic acids is 1. The van der Waals surface area contributed by atoms with Crippen LogP contribution in [0.3, 0.4) is 0 Å². The molecule has 1 heterocycles. The second-order valence-corrected chi connectivity index (χ2v) is 5.45. The topological polar surface area (TPSA) is 122 Å². The van der Waals surface area contributed by atoms with E-state index in [2.05, 4.69) is 10.6 Å². The minimum Gasteiger partial charge on any atom is -0.465 e. The quantitative estimate of drug-likeness (QED) is 0.440. The first-order valence-electron chi connectivity index (χ1n) is 6.56. The van der Waals surface area contributed by atoms with E-state index in [1.807, 2.05) is 0 Å². The van der Waals surface area contributed by atoms with Crippen LogP contribution < -0.4 is 10.6 Å². The van der Waals surface area contributed by atoms with Crippen LogP contribution in [0, 0.1) is 10.1 Å². The van der Waals surface area contributed by atoms with Crippen molar-refractivity contribution >= 4 is 29.2 Å². The number of ketones is 1. The average Bonchev–Trinajstić information content (AvgIpc) is 2.47. The highest BCUT2D eigenvalue weighted by Crippen LogP contribution is 2.28. The zero-order chi connectivity index (χ0) is 16.3. The molecule has 0 aromatic heterocycles.